The summed E-state index contributed by atoms with van der Waals surface area (Å²) in [6.07, 6.45) is 2.41. The highest BCUT2D eigenvalue weighted by Crippen LogP contribution is 2.31. The maximum Gasteiger partial charge on any atom is 0.0772 e. The normalized spacial score (nSPS) is 24.8. The van der Waals surface area contributed by atoms with Gasteiger partial charge in [-0.25, -0.2) is 0 Å². The van der Waals surface area contributed by atoms with E-state index in [0.717, 1.165) is 24.0 Å². The second kappa shape index (κ2) is 6.92. The van der Waals surface area contributed by atoms with Gasteiger partial charge in [0.25, 0.3) is 0 Å². The molecule has 0 aromatic heterocycles. The number of benzene rings is 1. The molecule has 1 saturated heterocycles. The fourth-order valence-electron chi connectivity index (χ4n) is 2.87. The summed E-state index contributed by atoms with van der Waals surface area (Å²) in [6, 6.07) is 6.77. The number of piperidine rings is 1. The van der Waals surface area contributed by atoms with Crippen LogP contribution in [0.4, 0.5) is 5.69 Å². The van der Waals surface area contributed by atoms with E-state index in [4.69, 9.17) is 10.5 Å². The van der Waals surface area contributed by atoms with Gasteiger partial charge in [-0.2, -0.15) is 0 Å². The summed E-state index contributed by atoms with van der Waals surface area (Å²) >= 11 is 3.71. The highest BCUT2D eigenvalue weighted by atomic mass is 79.9. The average molecular weight is 341 g/mol. The molecule has 3 atom stereocenters. The van der Waals surface area contributed by atoms with Crippen molar-refractivity contribution in [2.24, 2.45) is 11.7 Å². The van der Waals surface area contributed by atoms with Gasteiger partial charge in [0.05, 0.1) is 11.8 Å². The van der Waals surface area contributed by atoms with E-state index in [0.29, 0.717) is 12.0 Å². The van der Waals surface area contributed by atoms with Crippen molar-refractivity contribution in [3.63, 3.8) is 0 Å². The van der Waals surface area contributed by atoms with Crippen LogP contribution in [0, 0.1) is 5.92 Å². The number of halogens is 1. The molecule has 4 heteroatoms. The standard InChI is InChI=1S/C16H25BrN2O/c1-11-6-7-19(10-16(11)20-3)15-5-4-13(8-12(2)18)9-14(15)17/h4-5,9,11-12,16H,6-8,10,18H2,1-3H3. The van der Waals surface area contributed by atoms with Crippen molar-refractivity contribution < 1.29 is 4.74 Å². The van der Waals surface area contributed by atoms with Crippen LogP contribution in [0.2, 0.25) is 0 Å². The highest BCUT2D eigenvalue weighted by molar-refractivity contribution is 9.10. The molecule has 0 spiro atoms. The Balaban J connectivity index is 2.12. The van der Waals surface area contributed by atoms with Crippen LogP contribution in [-0.4, -0.2) is 32.3 Å². The lowest BCUT2D eigenvalue weighted by Crippen LogP contribution is -2.44. The summed E-state index contributed by atoms with van der Waals surface area (Å²) in [5, 5.41) is 0. The Kier molecular flexibility index (Phi) is 5.47. The van der Waals surface area contributed by atoms with Gasteiger partial charge < -0.3 is 15.4 Å². The van der Waals surface area contributed by atoms with Gasteiger partial charge in [-0.1, -0.05) is 13.0 Å². The van der Waals surface area contributed by atoms with E-state index in [1.807, 2.05) is 14.0 Å². The van der Waals surface area contributed by atoms with E-state index in [-0.39, 0.29) is 6.04 Å². The predicted octanol–water partition coefficient (Wildman–Crippen LogP) is 3.20. The third-order valence-corrected chi connectivity index (χ3v) is 4.74. The minimum absolute atomic E-state index is 0.196. The molecule has 1 fully saturated rings. The number of ether oxygens (including phenoxy) is 1. The van der Waals surface area contributed by atoms with E-state index in [2.05, 4.69) is 46.0 Å². The fourth-order valence-corrected chi connectivity index (χ4v) is 3.54. The van der Waals surface area contributed by atoms with E-state index in [9.17, 15) is 0 Å². The first-order valence-electron chi connectivity index (χ1n) is 7.33. The van der Waals surface area contributed by atoms with Crippen LogP contribution in [0.5, 0.6) is 0 Å². The molecule has 2 rings (SSSR count). The van der Waals surface area contributed by atoms with Gasteiger partial charge in [0.15, 0.2) is 0 Å². The lowest BCUT2D eigenvalue weighted by atomic mass is 9.95. The molecule has 0 amide bonds. The average Bonchev–Trinajstić information content (AvgIpc) is 2.39. The first-order chi connectivity index (χ1) is 9.51. The predicted molar refractivity (Wildman–Crippen MR) is 88.3 cm³/mol. The van der Waals surface area contributed by atoms with Crippen LogP contribution in [-0.2, 0) is 11.2 Å². The zero-order valence-corrected chi connectivity index (χ0v) is 14.2. The summed E-state index contributed by atoms with van der Waals surface area (Å²) in [7, 11) is 1.81. The van der Waals surface area contributed by atoms with Gasteiger partial charge in [0, 0.05) is 30.7 Å². The molecule has 0 aliphatic carbocycles. The molecule has 1 aliphatic heterocycles. The van der Waals surface area contributed by atoms with Crippen LogP contribution < -0.4 is 10.6 Å². The van der Waals surface area contributed by atoms with E-state index in [1.54, 1.807) is 0 Å². The Hall–Kier alpha value is -0.580. The minimum Gasteiger partial charge on any atom is -0.379 e. The van der Waals surface area contributed by atoms with Gasteiger partial charge in [-0.15, -0.1) is 0 Å². The van der Waals surface area contributed by atoms with E-state index >= 15 is 0 Å². The van der Waals surface area contributed by atoms with Crippen molar-refractivity contribution in [2.45, 2.75) is 38.8 Å². The number of rotatable bonds is 4. The second-order valence-electron chi connectivity index (χ2n) is 5.95. The topological polar surface area (TPSA) is 38.5 Å². The summed E-state index contributed by atoms with van der Waals surface area (Å²) in [5.41, 5.74) is 8.40. The van der Waals surface area contributed by atoms with Crippen molar-refractivity contribution >= 4 is 21.6 Å². The fraction of sp³-hybridized carbons (Fsp3) is 0.625. The molecular weight excluding hydrogens is 316 g/mol. The van der Waals surface area contributed by atoms with Crippen molar-refractivity contribution in [3.8, 4) is 0 Å². The lowest BCUT2D eigenvalue weighted by Gasteiger charge is -2.38. The second-order valence-corrected chi connectivity index (χ2v) is 6.81. The molecule has 1 aromatic rings. The highest BCUT2D eigenvalue weighted by Gasteiger charge is 2.26. The number of nitrogens with two attached hydrogens (primary N) is 1. The summed E-state index contributed by atoms with van der Waals surface area (Å²) < 4.78 is 6.75. The molecule has 3 unspecified atom stereocenters. The Labute approximate surface area is 130 Å². The number of hydrogen-bond acceptors (Lipinski definition) is 3. The third kappa shape index (κ3) is 3.74. The van der Waals surface area contributed by atoms with Crippen molar-refractivity contribution in [2.75, 3.05) is 25.1 Å². The molecule has 1 aliphatic rings. The first-order valence-corrected chi connectivity index (χ1v) is 8.12. The molecule has 0 bridgehead atoms. The third-order valence-electron chi connectivity index (χ3n) is 4.10. The molecule has 20 heavy (non-hydrogen) atoms. The largest absolute Gasteiger partial charge is 0.379 e. The molecule has 0 radical (unpaired) electrons. The Morgan fingerprint density at radius 1 is 1.50 bits per heavy atom. The van der Waals surface area contributed by atoms with E-state index < -0.39 is 0 Å². The molecular formula is C16H25BrN2O. The number of hydrogen-bond donors (Lipinski definition) is 1. The summed E-state index contributed by atoms with van der Waals surface area (Å²) in [4.78, 5) is 2.41. The summed E-state index contributed by atoms with van der Waals surface area (Å²) in [5.74, 6) is 0.632. The number of nitrogens with zero attached hydrogens (tertiary/aromatic N) is 1. The first kappa shape index (κ1) is 15.8. The minimum atomic E-state index is 0.196. The molecule has 3 nitrogen and oxygen atoms in total. The smallest absolute Gasteiger partial charge is 0.0772 e. The van der Waals surface area contributed by atoms with Gasteiger partial charge in [-0.05, 0) is 59.3 Å². The van der Waals surface area contributed by atoms with Crippen LogP contribution >= 0.6 is 15.9 Å². The molecule has 112 valence electrons. The van der Waals surface area contributed by atoms with Crippen LogP contribution in [0.25, 0.3) is 0 Å². The quantitative estimate of drug-likeness (QED) is 0.914. The van der Waals surface area contributed by atoms with Crippen LogP contribution in [0.15, 0.2) is 22.7 Å². The molecule has 1 heterocycles. The summed E-state index contributed by atoms with van der Waals surface area (Å²) in [6.45, 7) is 6.36. The molecule has 0 saturated carbocycles. The monoisotopic (exact) mass is 340 g/mol. The maximum atomic E-state index is 5.86. The van der Waals surface area contributed by atoms with Crippen molar-refractivity contribution in [1.29, 1.82) is 0 Å². The maximum absolute atomic E-state index is 5.86. The molecule has 1 aromatic carbocycles. The number of methoxy groups -OCH3 is 1. The van der Waals surface area contributed by atoms with Gasteiger partial charge in [-0.3, -0.25) is 0 Å². The van der Waals surface area contributed by atoms with Gasteiger partial charge >= 0.3 is 0 Å². The number of anilines is 1. The Morgan fingerprint density at radius 3 is 2.85 bits per heavy atom. The zero-order valence-electron chi connectivity index (χ0n) is 12.6. The van der Waals surface area contributed by atoms with Crippen molar-refractivity contribution in [1.82, 2.24) is 0 Å². The molecule has 2 N–H and O–H groups in total. The van der Waals surface area contributed by atoms with Crippen molar-refractivity contribution in [3.05, 3.63) is 28.2 Å². The van der Waals surface area contributed by atoms with E-state index in [1.165, 1.54) is 17.7 Å². The van der Waals surface area contributed by atoms with Crippen LogP contribution in [0.3, 0.4) is 0 Å². The van der Waals surface area contributed by atoms with Crippen LogP contribution in [0.1, 0.15) is 25.8 Å². The lowest BCUT2D eigenvalue weighted by molar-refractivity contribution is 0.0498. The zero-order chi connectivity index (χ0) is 14.7. The Morgan fingerprint density at radius 2 is 2.25 bits per heavy atom. The Bertz CT molecular complexity index is 450. The van der Waals surface area contributed by atoms with Gasteiger partial charge in [0.1, 0.15) is 0 Å². The SMILES string of the molecule is COC1CN(c2ccc(CC(C)N)cc2Br)CCC1C. The van der Waals surface area contributed by atoms with Gasteiger partial charge in [0.2, 0.25) is 0 Å².